The summed E-state index contributed by atoms with van der Waals surface area (Å²) in [5, 5.41) is 7.80. The second-order valence-electron chi connectivity index (χ2n) is 8.56. The molecule has 1 aliphatic carbocycles. The molecule has 2 heterocycles. The third kappa shape index (κ3) is 3.98. The van der Waals surface area contributed by atoms with Crippen LogP contribution in [-0.4, -0.2) is 22.8 Å². The van der Waals surface area contributed by atoms with Gasteiger partial charge in [-0.15, -0.1) is 0 Å². The lowest BCUT2D eigenvalue weighted by Crippen LogP contribution is -2.36. The van der Waals surface area contributed by atoms with Crippen molar-refractivity contribution < 1.29 is 13.9 Å². The van der Waals surface area contributed by atoms with Crippen molar-refractivity contribution in [2.45, 2.75) is 46.3 Å². The number of methoxy groups -OCH3 is 1. The zero-order valence-corrected chi connectivity index (χ0v) is 17.4. The molecule has 4 rings (SSSR count). The van der Waals surface area contributed by atoms with Gasteiger partial charge in [-0.2, -0.15) is 5.10 Å². The van der Waals surface area contributed by atoms with Gasteiger partial charge in [0.15, 0.2) is 5.76 Å². The van der Waals surface area contributed by atoms with Crippen LogP contribution < -0.4 is 5.32 Å². The number of hydrogen-bond donors (Lipinski definition) is 1. The van der Waals surface area contributed by atoms with Crippen LogP contribution in [0.5, 0.6) is 0 Å². The third-order valence-corrected chi connectivity index (χ3v) is 5.44. The summed E-state index contributed by atoms with van der Waals surface area (Å²) in [7, 11) is 1.60. The number of hydrogen-bond acceptors (Lipinski definition) is 4. The van der Waals surface area contributed by atoms with E-state index >= 15 is 0 Å². The summed E-state index contributed by atoms with van der Waals surface area (Å²) < 4.78 is 12.7. The molecule has 0 radical (unpaired) electrons. The largest absolute Gasteiger partial charge is 0.453 e. The normalized spacial score (nSPS) is 17.7. The van der Waals surface area contributed by atoms with E-state index in [0.717, 1.165) is 29.8 Å². The zero-order chi connectivity index (χ0) is 20.6. The van der Waals surface area contributed by atoms with Crippen molar-refractivity contribution in [2.75, 3.05) is 7.11 Å². The number of amides is 1. The van der Waals surface area contributed by atoms with Gasteiger partial charge in [0, 0.05) is 12.7 Å². The molecule has 0 aliphatic heterocycles. The van der Waals surface area contributed by atoms with Gasteiger partial charge in [-0.05, 0) is 49.4 Å². The van der Waals surface area contributed by atoms with Gasteiger partial charge in [-0.3, -0.25) is 4.79 Å². The van der Waals surface area contributed by atoms with Crippen LogP contribution in [0.3, 0.4) is 0 Å². The van der Waals surface area contributed by atoms with Crippen molar-refractivity contribution in [2.24, 2.45) is 5.41 Å². The van der Waals surface area contributed by atoms with Crippen LogP contribution in [-0.2, 0) is 17.8 Å². The molecule has 152 valence electrons. The monoisotopic (exact) mass is 393 g/mol. The molecule has 1 atom stereocenters. The van der Waals surface area contributed by atoms with E-state index in [9.17, 15) is 4.79 Å². The van der Waals surface area contributed by atoms with Gasteiger partial charge in [0.2, 0.25) is 0 Å². The van der Waals surface area contributed by atoms with Crippen molar-refractivity contribution in [1.82, 2.24) is 15.1 Å². The summed E-state index contributed by atoms with van der Waals surface area (Å²) in [6.45, 7) is 6.87. The van der Waals surface area contributed by atoms with Crippen molar-refractivity contribution >= 4 is 5.91 Å². The van der Waals surface area contributed by atoms with Crippen LogP contribution in [0.1, 0.15) is 59.4 Å². The van der Waals surface area contributed by atoms with E-state index < -0.39 is 0 Å². The zero-order valence-electron chi connectivity index (χ0n) is 17.4. The van der Waals surface area contributed by atoms with Gasteiger partial charge in [-0.1, -0.05) is 31.5 Å². The third-order valence-electron chi connectivity index (χ3n) is 5.44. The van der Waals surface area contributed by atoms with Crippen LogP contribution in [0.2, 0.25) is 0 Å². The van der Waals surface area contributed by atoms with E-state index in [4.69, 9.17) is 9.15 Å². The number of furan rings is 1. The van der Waals surface area contributed by atoms with Gasteiger partial charge in [0.1, 0.15) is 12.4 Å². The standard InChI is InChI=1S/C23H27N3O3/c1-15-5-7-16(8-6-15)26-20-12-23(2,3)11-19(18(20)13-24-26)25-22(27)21-10-9-17(29-21)14-28-4/h5-10,13,19H,11-12,14H2,1-4H3,(H,25,27)/t19-/m0/s1. The predicted molar refractivity (Wildman–Crippen MR) is 110 cm³/mol. The lowest BCUT2D eigenvalue weighted by Gasteiger charge is -2.35. The smallest absolute Gasteiger partial charge is 0.287 e. The van der Waals surface area contributed by atoms with E-state index in [2.05, 4.69) is 55.5 Å². The van der Waals surface area contributed by atoms with Gasteiger partial charge < -0.3 is 14.5 Å². The highest BCUT2D eigenvalue weighted by Gasteiger charge is 2.36. The van der Waals surface area contributed by atoms with Crippen LogP contribution in [0.4, 0.5) is 0 Å². The van der Waals surface area contributed by atoms with Gasteiger partial charge in [-0.25, -0.2) is 4.68 Å². The van der Waals surface area contributed by atoms with Crippen molar-refractivity contribution in [3.8, 4) is 5.69 Å². The van der Waals surface area contributed by atoms with Crippen molar-refractivity contribution in [1.29, 1.82) is 0 Å². The number of rotatable bonds is 5. The Balaban J connectivity index is 1.62. The molecular weight excluding hydrogens is 366 g/mol. The molecule has 6 nitrogen and oxygen atoms in total. The molecule has 0 fully saturated rings. The highest BCUT2D eigenvalue weighted by Crippen LogP contribution is 2.41. The molecular formula is C23H27N3O3. The molecule has 0 saturated heterocycles. The first-order chi connectivity index (χ1) is 13.9. The van der Waals surface area contributed by atoms with E-state index in [0.29, 0.717) is 18.1 Å². The first-order valence-electron chi connectivity index (χ1n) is 9.89. The maximum Gasteiger partial charge on any atom is 0.287 e. The van der Waals surface area contributed by atoms with Gasteiger partial charge in [0.25, 0.3) is 5.91 Å². The van der Waals surface area contributed by atoms with E-state index in [1.165, 1.54) is 5.56 Å². The molecule has 29 heavy (non-hydrogen) atoms. The summed E-state index contributed by atoms with van der Waals surface area (Å²) >= 11 is 0. The number of fused-ring (bicyclic) bond motifs is 1. The minimum atomic E-state index is -0.218. The Morgan fingerprint density at radius 1 is 1.28 bits per heavy atom. The molecule has 0 saturated carbocycles. The van der Waals surface area contributed by atoms with E-state index in [-0.39, 0.29) is 17.4 Å². The van der Waals surface area contributed by atoms with Gasteiger partial charge >= 0.3 is 0 Å². The highest BCUT2D eigenvalue weighted by atomic mass is 16.5. The predicted octanol–water partition coefficient (Wildman–Crippen LogP) is 4.36. The second-order valence-corrected chi connectivity index (χ2v) is 8.56. The van der Waals surface area contributed by atoms with E-state index in [1.807, 2.05) is 10.9 Å². The number of carbonyl (C=O) groups excluding carboxylic acids is 1. The fourth-order valence-corrected chi connectivity index (χ4v) is 4.03. The first kappa shape index (κ1) is 19.5. The molecule has 1 aliphatic rings. The molecule has 0 unspecified atom stereocenters. The summed E-state index contributed by atoms with van der Waals surface area (Å²) in [5.41, 5.74) is 4.51. The Morgan fingerprint density at radius 2 is 2.03 bits per heavy atom. The molecule has 2 aromatic heterocycles. The average molecular weight is 393 g/mol. The molecule has 1 N–H and O–H groups in total. The molecule has 1 aromatic carbocycles. The SMILES string of the molecule is COCc1ccc(C(=O)N[C@H]2CC(C)(C)Cc3c2cnn3-c2ccc(C)cc2)o1. The van der Waals surface area contributed by atoms with Gasteiger partial charge in [0.05, 0.1) is 23.6 Å². The highest BCUT2D eigenvalue weighted by molar-refractivity contribution is 5.91. The van der Waals surface area contributed by atoms with Crippen molar-refractivity contribution in [3.05, 3.63) is 70.9 Å². The topological polar surface area (TPSA) is 69.3 Å². The molecule has 6 heteroatoms. The fraction of sp³-hybridized carbons (Fsp3) is 0.391. The summed E-state index contributed by atoms with van der Waals surface area (Å²) in [6.07, 6.45) is 3.63. The van der Waals surface area contributed by atoms with Crippen molar-refractivity contribution in [3.63, 3.8) is 0 Å². The summed E-state index contributed by atoms with van der Waals surface area (Å²) in [4.78, 5) is 12.8. The number of benzene rings is 1. The Labute approximate surface area is 170 Å². The minimum absolute atomic E-state index is 0.0395. The minimum Gasteiger partial charge on any atom is -0.453 e. The van der Waals surface area contributed by atoms with Crippen LogP contribution in [0.15, 0.2) is 47.0 Å². The number of nitrogens with zero attached hydrogens (tertiary/aromatic N) is 2. The maximum atomic E-state index is 12.8. The lowest BCUT2D eigenvalue weighted by molar-refractivity contribution is 0.0882. The van der Waals surface area contributed by atoms with Crippen LogP contribution in [0, 0.1) is 12.3 Å². The Hall–Kier alpha value is -2.86. The Kier molecular flexibility index (Phi) is 5.04. The average Bonchev–Trinajstić information content (AvgIpc) is 3.29. The van der Waals surface area contributed by atoms with Crippen LogP contribution in [0.25, 0.3) is 5.69 Å². The quantitative estimate of drug-likeness (QED) is 0.699. The first-order valence-corrected chi connectivity index (χ1v) is 9.89. The summed E-state index contributed by atoms with van der Waals surface area (Å²) in [5.74, 6) is 0.714. The Morgan fingerprint density at radius 3 is 2.76 bits per heavy atom. The number of ether oxygens (including phenoxy) is 1. The van der Waals surface area contributed by atoms with Crippen LogP contribution >= 0.6 is 0 Å². The number of aryl methyl sites for hydroxylation is 1. The Bertz CT molecular complexity index is 1010. The number of aromatic nitrogens is 2. The number of carbonyl (C=O) groups is 1. The molecule has 1 amide bonds. The molecule has 3 aromatic rings. The lowest BCUT2D eigenvalue weighted by atomic mass is 9.74. The maximum absolute atomic E-state index is 12.8. The fourth-order valence-electron chi connectivity index (χ4n) is 4.03. The second kappa shape index (κ2) is 7.52. The number of nitrogens with one attached hydrogen (secondary N) is 1. The summed E-state index contributed by atoms with van der Waals surface area (Å²) in [6, 6.07) is 11.7. The molecule has 0 bridgehead atoms. The molecule has 0 spiro atoms. The van der Waals surface area contributed by atoms with E-state index in [1.54, 1.807) is 19.2 Å².